The molecule has 128 valence electrons. The fraction of sp³-hybridized carbons (Fsp3) is 0.412. The zero-order valence-electron chi connectivity index (χ0n) is 13.8. The van der Waals surface area contributed by atoms with Crippen molar-refractivity contribution < 1.29 is 9.59 Å². The van der Waals surface area contributed by atoms with E-state index >= 15 is 0 Å². The van der Waals surface area contributed by atoms with Crippen molar-refractivity contribution in [1.29, 1.82) is 0 Å². The molecule has 0 spiro atoms. The Balaban J connectivity index is 1.65. The van der Waals surface area contributed by atoms with Gasteiger partial charge in [0.2, 0.25) is 5.91 Å². The number of nitrogens with one attached hydrogen (secondary N) is 3. The third-order valence-corrected chi connectivity index (χ3v) is 4.31. The summed E-state index contributed by atoms with van der Waals surface area (Å²) < 4.78 is 0. The second-order valence-electron chi connectivity index (χ2n) is 6.32. The number of halogens is 1. The normalized spacial score (nSPS) is 13.9. The van der Waals surface area contributed by atoms with Gasteiger partial charge in [0.15, 0.2) is 0 Å². The highest BCUT2D eigenvalue weighted by Gasteiger charge is 2.24. The Morgan fingerprint density at radius 3 is 2.92 bits per heavy atom. The van der Waals surface area contributed by atoms with Crippen LogP contribution in [0.4, 0.5) is 4.79 Å². The molecule has 2 heterocycles. The van der Waals surface area contributed by atoms with Gasteiger partial charge < -0.3 is 20.5 Å². The molecule has 1 aromatic carbocycles. The van der Waals surface area contributed by atoms with Crippen LogP contribution in [0.15, 0.2) is 18.2 Å². The van der Waals surface area contributed by atoms with Crippen LogP contribution in [0.5, 0.6) is 0 Å². The lowest BCUT2D eigenvalue weighted by molar-refractivity contribution is -0.120. The van der Waals surface area contributed by atoms with Crippen molar-refractivity contribution in [3.63, 3.8) is 0 Å². The Kier molecular flexibility index (Phi) is 4.66. The van der Waals surface area contributed by atoms with Crippen LogP contribution in [0.3, 0.4) is 0 Å². The molecule has 6 nitrogen and oxygen atoms in total. The maximum absolute atomic E-state index is 12.3. The fourth-order valence-corrected chi connectivity index (χ4v) is 3.20. The minimum absolute atomic E-state index is 0.0112. The average molecular weight is 349 g/mol. The first-order valence-electron chi connectivity index (χ1n) is 8.05. The van der Waals surface area contributed by atoms with E-state index in [9.17, 15) is 9.59 Å². The SMILES string of the molecule is CC(C)NC(=O)CNC(=O)N1CCc2c([nH]c3ccc(Cl)cc23)C1. The number of rotatable bonds is 3. The van der Waals surface area contributed by atoms with Crippen LogP contribution < -0.4 is 10.6 Å². The third-order valence-electron chi connectivity index (χ3n) is 4.07. The number of urea groups is 1. The molecule has 3 N–H and O–H groups in total. The van der Waals surface area contributed by atoms with E-state index in [4.69, 9.17) is 11.6 Å². The van der Waals surface area contributed by atoms with Crippen LogP contribution in [0, 0.1) is 0 Å². The maximum atomic E-state index is 12.3. The van der Waals surface area contributed by atoms with Gasteiger partial charge in [0.1, 0.15) is 0 Å². The molecule has 3 amide bonds. The van der Waals surface area contributed by atoms with Gasteiger partial charge in [0.05, 0.1) is 13.1 Å². The van der Waals surface area contributed by atoms with Crippen molar-refractivity contribution >= 4 is 34.4 Å². The molecule has 0 aliphatic carbocycles. The van der Waals surface area contributed by atoms with Crippen LogP contribution in [-0.4, -0.2) is 41.0 Å². The van der Waals surface area contributed by atoms with Crippen LogP contribution >= 0.6 is 11.6 Å². The summed E-state index contributed by atoms with van der Waals surface area (Å²) in [4.78, 5) is 29.0. The van der Waals surface area contributed by atoms with Gasteiger partial charge in [-0.3, -0.25) is 4.79 Å². The lowest BCUT2D eigenvalue weighted by atomic mass is 10.0. The number of H-pyrrole nitrogens is 1. The van der Waals surface area contributed by atoms with Gasteiger partial charge in [-0.2, -0.15) is 0 Å². The van der Waals surface area contributed by atoms with Gasteiger partial charge in [-0.05, 0) is 44.0 Å². The Labute approximate surface area is 145 Å². The largest absolute Gasteiger partial charge is 0.357 e. The molecule has 3 rings (SSSR count). The lowest BCUT2D eigenvalue weighted by Crippen LogP contribution is -2.46. The van der Waals surface area contributed by atoms with Gasteiger partial charge >= 0.3 is 6.03 Å². The van der Waals surface area contributed by atoms with Crippen LogP contribution in [0.25, 0.3) is 10.9 Å². The Hall–Kier alpha value is -2.21. The minimum Gasteiger partial charge on any atom is -0.357 e. The number of carbonyl (C=O) groups is 2. The molecule has 0 saturated heterocycles. The van der Waals surface area contributed by atoms with E-state index in [0.29, 0.717) is 18.1 Å². The molecular weight excluding hydrogens is 328 g/mol. The zero-order valence-corrected chi connectivity index (χ0v) is 14.5. The monoisotopic (exact) mass is 348 g/mol. The van der Waals surface area contributed by atoms with Crippen LogP contribution in [-0.2, 0) is 17.8 Å². The summed E-state index contributed by atoms with van der Waals surface area (Å²) in [7, 11) is 0. The number of aromatic nitrogens is 1. The first-order chi connectivity index (χ1) is 11.4. The van der Waals surface area contributed by atoms with E-state index in [0.717, 1.165) is 23.0 Å². The van der Waals surface area contributed by atoms with Crippen molar-refractivity contribution in [2.45, 2.75) is 32.9 Å². The van der Waals surface area contributed by atoms with E-state index in [1.165, 1.54) is 5.56 Å². The predicted molar refractivity (Wildman–Crippen MR) is 94.1 cm³/mol. The van der Waals surface area contributed by atoms with Gasteiger partial charge in [-0.1, -0.05) is 11.6 Å². The van der Waals surface area contributed by atoms with E-state index in [1.54, 1.807) is 4.90 Å². The van der Waals surface area contributed by atoms with Crippen molar-refractivity contribution in [2.75, 3.05) is 13.1 Å². The highest BCUT2D eigenvalue weighted by atomic mass is 35.5. The van der Waals surface area contributed by atoms with Crippen molar-refractivity contribution in [2.24, 2.45) is 0 Å². The zero-order chi connectivity index (χ0) is 17.3. The van der Waals surface area contributed by atoms with E-state index < -0.39 is 0 Å². The summed E-state index contributed by atoms with van der Waals surface area (Å²) in [6, 6.07) is 5.60. The molecule has 1 aromatic heterocycles. The number of fused-ring (bicyclic) bond motifs is 3. The van der Waals surface area contributed by atoms with Gasteiger partial charge in [0, 0.05) is 34.2 Å². The molecule has 0 fully saturated rings. The predicted octanol–water partition coefficient (Wildman–Crippen LogP) is 2.41. The number of hydrogen-bond acceptors (Lipinski definition) is 2. The second-order valence-corrected chi connectivity index (χ2v) is 6.76. The molecule has 1 aliphatic heterocycles. The summed E-state index contributed by atoms with van der Waals surface area (Å²) >= 11 is 6.08. The molecule has 7 heteroatoms. The standard InChI is InChI=1S/C17H21ClN4O2/c1-10(2)20-16(23)8-19-17(24)22-6-5-12-13-7-11(18)3-4-14(13)21-15(12)9-22/h3-4,7,10,21H,5-6,8-9H2,1-2H3,(H,19,24)(H,20,23). The fourth-order valence-electron chi connectivity index (χ4n) is 3.03. The van der Waals surface area contributed by atoms with Gasteiger partial charge in [0.25, 0.3) is 0 Å². The Morgan fingerprint density at radius 1 is 1.38 bits per heavy atom. The molecule has 0 bridgehead atoms. The topological polar surface area (TPSA) is 77.2 Å². The summed E-state index contributed by atoms with van der Waals surface area (Å²) in [5.41, 5.74) is 3.28. The minimum atomic E-state index is -0.226. The molecule has 0 radical (unpaired) electrons. The summed E-state index contributed by atoms with van der Waals surface area (Å²) in [5.74, 6) is -0.184. The molecule has 1 aliphatic rings. The molecule has 0 saturated carbocycles. The summed E-state index contributed by atoms with van der Waals surface area (Å²) in [6.07, 6.45) is 0.765. The van der Waals surface area contributed by atoms with Crippen LogP contribution in [0.1, 0.15) is 25.1 Å². The number of amides is 3. The number of benzene rings is 1. The van der Waals surface area contributed by atoms with Crippen molar-refractivity contribution in [1.82, 2.24) is 20.5 Å². The lowest BCUT2D eigenvalue weighted by Gasteiger charge is -2.27. The van der Waals surface area contributed by atoms with Crippen LogP contribution in [0.2, 0.25) is 5.02 Å². The second kappa shape index (κ2) is 6.73. The van der Waals surface area contributed by atoms with E-state index in [-0.39, 0.29) is 24.5 Å². The maximum Gasteiger partial charge on any atom is 0.318 e. The average Bonchev–Trinajstić information content (AvgIpc) is 2.89. The van der Waals surface area contributed by atoms with Crippen molar-refractivity contribution in [3.8, 4) is 0 Å². The molecule has 24 heavy (non-hydrogen) atoms. The Morgan fingerprint density at radius 2 is 2.17 bits per heavy atom. The van der Waals surface area contributed by atoms with Gasteiger partial charge in [-0.25, -0.2) is 4.79 Å². The molecule has 2 aromatic rings. The van der Waals surface area contributed by atoms with E-state index in [1.807, 2.05) is 32.0 Å². The Bertz CT molecular complexity index is 784. The highest BCUT2D eigenvalue weighted by molar-refractivity contribution is 6.31. The quantitative estimate of drug-likeness (QED) is 0.796. The number of carbonyl (C=O) groups excluding carboxylic acids is 2. The number of nitrogens with zero attached hydrogens (tertiary/aromatic N) is 1. The van der Waals surface area contributed by atoms with E-state index in [2.05, 4.69) is 15.6 Å². The smallest absolute Gasteiger partial charge is 0.318 e. The summed E-state index contributed by atoms with van der Waals surface area (Å²) in [5, 5.41) is 7.25. The first kappa shape index (κ1) is 16.6. The van der Waals surface area contributed by atoms with Crippen molar-refractivity contribution in [3.05, 3.63) is 34.5 Å². The number of aromatic amines is 1. The number of hydrogen-bond donors (Lipinski definition) is 3. The first-order valence-corrected chi connectivity index (χ1v) is 8.43. The third kappa shape index (κ3) is 3.48. The highest BCUT2D eigenvalue weighted by Crippen LogP contribution is 2.29. The van der Waals surface area contributed by atoms with Gasteiger partial charge in [-0.15, -0.1) is 0 Å². The summed E-state index contributed by atoms with van der Waals surface area (Å²) in [6.45, 7) is 4.87. The molecule has 0 atom stereocenters. The molecular formula is C17H21ClN4O2. The molecule has 0 unspecified atom stereocenters.